The second-order valence-corrected chi connectivity index (χ2v) is 11.7. The minimum Gasteiger partial charge on any atom is -0.497 e. The van der Waals surface area contributed by atoms with Crippen LogP contribution in [-0.4, -0.2) is 57.7 Å². The minimum absolute atomic E-state index is 0.265. The lowest BCUT2D eigenvalue weighted by molar-refractivity contribution is 0.0974. The molecule has 8 nitrogen and oxygen atoms in total. The predicted octanol–water partition coefficient (Wildman–Crippen LogP) is 8.30. The van der Waals surface area contributed by atoms with Gasteiger partial charge in [0.1, 0.15) is 30.5 Å². The van der Waals surface area contributed by atoms with Crippen LogP contribution in [0.5, 0.6) is 17.2 Å². The molecule has 46 heavy (non-hydrogen) atoms. The summed E-state index contributed by atoms with van der Waals surface area (Å²) in [6.45, 7) is 4.89. The fraction of sp³-hybridized carbons (Fsp3) is 0.447. The summed E-state index contributed by atoms with van der Waals surface area (Å²) in [5, 5.41) is 20.6. The molecule has 0 aliphatic heterocycles. The van der Waals surface area contributed by atoms with E-state index in [1.54, 1.807) is 7.11 Å². The second-order valence-electron chi connectivity index (χ2n) is 11.7. The number of nitrogens with zero attached hydrogens (tertiary/aromatic N) is 3. The standard InChI is InChI=1S/C38H49N3O5/c1-4-6-8-10-12-31(42)26-45-34-22-16-29(17-23-34)37-39-36(28-14-20-33(44-3)21-15-28)40-38(41-37)30-18-24-35(25-19-30)46-27-32(43)13-11-9-7-5-2/h14-25,31-32,42-43H,4-13,26-27H2,1-3H3. The Morgan fingerprint density at radius 2 is 0.848 bits per heavy atom. The molecule has 0 saturated carbocycles. The summed E-state index contributed by atoms with van der Waals surface area (Å²) >= 11 is 0. The van der Waals surface area contributed by atoms with Crippen LogP contribution in [0.25, 0.3) is 34.2 Å². The third-order valence-corrected chi connectivity index (χ3v) is 7.88. The van der Waals surface area contributed by atoms with Gasteiger partial charge in [0, 0.05) is 16.7 Å². The molecule has 0 aliphatic carbocycles. The van der Waals surface area contributed by atoms with E-state index in [1.165, 1.54) is 25.7 Å². The van der Waals surface area contributed by atoms with Crippen LogP contribution >= 0.6 is 0 Å². The van der Waals surface area contributed by atoms with Gasteiger partial charge in [0.2, 0.25) is 0 Å². The van der Waals surface area contributed by atoms with Crippen LogP contribution in [0.2, 0.25) is 0 Å². The summed E-state index contributed by atoms with van der Waals surface area (Å²) in [6.07, 6.45) is 9.55. The number of aliphatic hydroxyl groups excluding tert-OH is 2. The van der Waals surface area contributed by atoms with Crippen LogP contribution in [-0.2, 0) is 0 Å². The molecule has 1 aromatic heterocycles. The van der Waals surface area contributed by atoms with E-state index in [1.807, 2.05) is 72.8 Å². The molecule has 246 valence electrons. The van der Waals surface area contributed by atoms with Crippen molar-refractivity contribution >= 4 is 0 Å². The van der Waals surface area contributed by atoms with Crippen molar-refractivity contribution in [2.45, 2.75) is 90.3 Å². The van der Waals surface area contributed by atoms with Crippen LogP contribution in [0.4, 0.5) is 0 Å². The topological polar surface area (TPSA) is 107 Å². The highest BCUT2D eigenvalue weighted by atomic mass is 16.5. The molecule has 8 heteroatoms. The van der Waals surface area contributed by atoms with Gasteiger partial charge < -0.3 is 24.4 Å². The molecule has 0 saturated heterocycles. The third kappa shape index (κ3) is 11.1. The van der Waals surface area contributed by atoms with E-state index in [2.05, 4.69) is 13.8 Å². The molecule has 2 unspecified atom stereocenters. The number of aliphatic hydroxyl groups is 2. The summed E-state index contributed by atoms with van der Waals surface area (Å²) in [6, 6.07) is 22.8. The molecular formula is C38H49N3O5. The van der Waals surface area contributed by atoms with Gasteiger partial charge in [-0.05, 0) is 85.6 Å². The van der Waals surface area contributed by atoms with E-state index in [0.29, 0.717) is 29.0 Å². The quantitative estimate of drug-likeness (QED) is 0.0943. The Balaban J connectivity index is 1.49. The van der Waals surface area contributed by atoms with Gasteiger partial charge in [-0.25, -0.2) is 15.0 Å². The molecule has 2 atom stereocenters. The fourth-order valence-electron chi connectivity index (χ4n) is 5.07. The first-order valence-electron chi connectivity index (χ1n) is 16.7. The first-order chi connectivity index (χ1) is 22.5. The molecule has 1 heterocycles. The number of unbranched alkanes of at least 4 members (excludes halogenated alkanes) is 6. The minimum atomic E-state index is -0.480. The fourth-order valence-corrected chi connectivity index (χ4v) is 5.07. The molecule has 0 spiro atoms. The average molecular weight is 628 g/mol. The van der Waals surface area contributed by atoms with Crippen molar-refractivity contribution < 1.29 is 24.4 Å². The monoisotopic (exact) mass is 627 g/mol. The van der Waals surface area contributed by atoms with Crippen molar-refractivity contribution in [2.24, 2.45) is 0 Å². The molecule has 4 aromatic rings. The number of hydrogen-bond acceptors (Lipinski definition) is 8. The number of methoxy groups -OCH3 is 1. The van der Waals surface area contributed by atoms with Crippen LogP contribution in [0.3, 0.4) is 0 Å². The van der Waals surface area contributed by atoms with Gasteiger partial charge in [-0.2, -0.15) is 0 Å². The maximum absolute atomic E-state index is 10.3. The Kier molecular flexibility index (Phi) is 14.3. The molecule has 0 aliphatic rings. The SMILES string of the molecule is CCCCCCC(O)COc1ccc(-c2nc(-c3ccc(OC)cc3)nc(-c3ccc(OCC(O)CCCCCC)cc3)n2)cc1. The average Bonchev–Trinajstić information content (AvgIpc) is 3.10. The van der Waals surface area contributed by atoms with Crippen LogP contribution in [0, 0.1) is 0 Å². The first-order valence-corrected chi connectivity index (χ1v) is 16.7. The van der Waals surface area contributed by atoms with Gasteiger partial charge in [0.05, 0.1) is 19.3 Å². The lowest BCUT2D eigenvalue weighted by atomic mass is 10.1. The molecule has 0 radical (unpaired) electrons. The number of rotatable bonds is 20. The van der Waals surface area contributed by atoms with Gasteiger partial charge in [0.15, 0.2) is 17.5 Å². The molecule has 4 rings (SSSR count). The van der Waals surface area contributed by atoms with Crippen molar-refractivity contribution in [1.82, 2.24) is 15.0 Å². The van der Waals surface area contributed by atoms with E-state index in [9.17, 15) is 10.2 Å². The Morgan fingerprint density at radius 3 is 1.17 bits per heavy atom. The third-order valence-electron chi connectivity index (χ3n) is 7.88. The molecule has 0 bridgehead atoms. The lowest BCUT2D eigenvalue weighted by Gasteiger charge is -2.13. The number of ether oxygens (including phenoxy) is 3. The van der Waals surface area contributed by atoms with E-state index in [0.717, 1.165) is 61.0 Å². The largest absolute Gasteiger partial charge is 0.497 e. The van der Waals surface area contributed by atoms with Gasteiger partial charge in [-0.3, -0.25) is 0 Å². The lowest BCUT2D eigenvalue weighted by Crippen LogP contribution is -2.17. The maximum Gasteiger partial charge on any atom is 0.164 e. The molecule has 0 fully saturated rings. The zero-order chi connectivity index (χ0) is 32.6. The van der Waals surface area contributed by atoms with E-state index < -0.39 is 12.2 Å². The number of hydrogen-bond donors (Lipinski definition) is 2. The van der Waals surface area contributed by atoms with Crippen molar-refractivity contribution in [3.63, 3.8) is 0 Å². The van der Waals surface area contributed by atoms with Crippen molar-refractivity contribution in [3.05, 3.63) is 72.8 Å². The molecule has 2 N–H and O–H groups in total. The van der Waals surface area contributed by atoms with Gasteiger partial charge in [-0.1, -0.05) is 65.2 Å². The smallest absolute Gasteiger partial charge is 0.164 e. The summed E-state index contributed by atoms with van der Waals surface area (Å²) in [5.74, 6) is 3.72. The van der Waals surface area contributed by atoms with Crippen molar-refractivity contribution in [2.75, 3.05) is 20.3 Å². The molecular weight excluding hydrogens is 578 g/mol. The van der Waals surface area contributed by atoms with Crippen molar-refractivity contribution in [1.29, 1.82) is 0 Å². The molecule has 3 aromatic carbocycles. The summed E-state index contributed by atoms with van der Waals surface area (Å²) in [4.78, 5) is 14.5. The highest BCUT2D eigenvalue weighted by molar-refractivity contribution is 5.67. The Hall–Kier alpha value is -4.01. The summed E-state index contributed by atoms with van der Waals surface area (Å²) in [5.41, 5.74) is 2.48. The van der Waals surface area contributed by atoms with Crippen LogP contribution in [0.1, 0.15) is 78.1 Å². The zero-order valence-corrected chi connectivity index (χ0v) is 27.5. The molecule has 0 amide bonds. The van der Waals surface area contributed by atoms with E-state index in [-0.39, 0.29) is 13.2 Å². The van der Waals surface area contributed by atoms with Crippen LogP contribution < -0.4 is 14.2 Å². The number of benzene rings is 3. The normalized spacial score (nSPS) is 12.5. The van der Waals surface area contributed by atoms with Gasteiger partial charge in [0.25, 0.3) is 0 Å². The summed E-state index contributed by atoms with van der Waals surface area (Å²) in [7, 11) is 1.64. The zero-order valence-electron chi connectivity index (χ0n) is 27.5. The van der Waals surface area contributed by atoms with Crippen molar-refractivity contribution in [3.8, 4) is 51.4 Å². The van der Waals surface area contributed by atoms with Gasteiger partial charge in [-0.15, -0.1) is 0 Å². The van der Waals surface area contributed by atoms with E-state index in [4.69, 9.17) is 29.2 Å². The Morgan fingerprint density at radius 1 is 0.500 bits per heavy atom. The Bertz CT molecular complexity index is 1340. The second kappa shape index (κ2) is 18.8. The highest BCUT2D eigenvalue weighted by Crippen LogP contribution is 2.28. The highest BCUT2D eigenvalue weighted by Gasteiger charge is 2.14. The van der Waals surface area contributed by atoms with Crippen LogP contribution in [0.15, 0.2) is 72.8 Å². The summed E-state index contributed by atoms with van der Waals surface area (Å²) < 4.78 is 17.0. The van der Waals surface area contributed by atoms with Gasteiger partial charge >= 0.3 is 0 Å². The predicted molar refractivity (Wildman–Crippen MR) is 183 cm³/mol. The first kappa shape index (κ1) is 34.9. The Labute approximate surface area is 273 Å². The maximum atomic E-state index is 10.3. The number of aromatic nitrogens is 3. The van der Waals surface area contributed by atoms with E-state index >= 15 is 0 Å².